The van der Waals surface area contributed by atoms with Crippen molar-refractivity contribution in [1.82, 2.24) is 4.90 Å². The first kappa shape index (κ1) is 14.9. The fraction of sp³-hybridized carbons (Fsp3) is 1.00. The van der Waals surface area contributed by atoms with Crippen molar-refractivity contribution < 1.29 is 14.6 Å². The number of aliphatic hydroxyl groups is 1. The molecule has 1 rings (SSSR count). The molecule has 0 aromatic carbocycles. The van der Waals surface area contributed by atoms with Crippen LogP contribution in [0.1, 0.15) is 26.7 Å². The molecule has 0 bridgehead atoms. The Bertz CT molecular complexity index is 201. The van der Waals surface area contributed by atoms with E-state index in [1.165, 1.54) is 12.8 Å². The van der Waals surface area contributed by atoms with Gasteiger partial charge in [-0.15, -0.1) is 0 Å². The summed E-state index contributed by atoms with van der Waals surface area (Å²) in [6, 6.07) is 0.583. The van der Waals surface area contributed by atoms with Crippen molar-refractivity contribution in [2.24, 2.45) is 5.92 Å². The van der Waals surface area contributed by atoms with Crippen molar-refractivity contribution in [3.05, 3.63) is 0 Å². The predicted octanol–water partition coefficient (Wildman–Crippen LogP) is 1.13. The zero-order chi connectivity index (χ0) is 12.7. The highest BCUT2D eigenvalue weighted by Gasteiger charge is 2.24. The number of hydrogen-bond acceptors (Lipinski definition) is 4. The average Bonchev–Trinajstić information content (AvgIpc) is 2.29. The van der Waals surface area contributed by atoms with E-state index in [2.05, 4.69) is 18.7 Å². The third kappa shape index (κ3) is 5.82. The van der Waals surface area contributed by atoms with Crippen molar-refractivity contribution in [3.63, 3.8) is 0 Å². The maximum Gasteiger partial charge on any atom is 0.0900 e. The largest absolute Gasteiger partial charge is 0.389 e. The summed E-state index contributed by atoms with van der Waals surface area (Å²) in [7, 11) is 1.65. The number of aliphatic hydroxyl groups excluding tert-OH is 1. The fourth-order valence-electron chi connectivity index (χ4n) is 2.32. The number of ether oxygens (including phenoxy) is 2. The van der Waals surface area contributed by atoms with Gasteiger partial charge in [0.05, 0.1) is 25.9 Å². The van der Waals surface area contributed by atoms with E-state index in [1.54, 1.807) is 7.11 Å². The molecule has 3 atom stereocenters. The fourth-order valence-corrected chi connectivity index (χ4v) is 2.32. The molecule has 17 heavy (non-hydrogen) atoms. The Morgan fingerprint density at radius 1 is 1.29 bits per heavy atom. The summed E-state index contributed by atoms with van der Waals surface area (Å²) in [5.41, 5.74) is 0. The number of β-amino-alcohol motifs (C(OH)–C–C–N with tert-alkyl or cyclic N) is 1. The van der Waals surface area contributed by atoms with E-state index in [9.17, 15) is 5.11 Å². The number of piperidine rings is 1. The highest BCUT2D eigenvalue weighted by Crippen LogP contribution is 2.21. The Kier molecular flexibility index (Phi) is 7.04. The van der Waals surface area contributed by atoms with Gasteiger partial charge in [0.1, 0.15) is 0 Å². The topological polar surface area (TPSA) is 41.9 Å². The van der Waals surface area contributed by atoms with Gasteiger partial charge in [-0.3, -0.25) is 4.90 Å². The summed E-state index contributed by atoms with van der Waals surface area (Å²) in [6.07, 6.45) is 2.15. The van der Waals surface area contributed by atoms with Crippen molar-refractivity contribution in [1.29, 1.82) is 0 Å². The van der Waals surface area contributed by atoms with Gasteiger partial charge in [-0.2, -0.15) is 0 Å². The van der Waals surface area contributed by atoms with Crippen LogP contribution in [0.4, 0.5) is 0 Å². The third-order valence-electron chi connectivity index (χ3n) is 3.43. The Morgan fingerprint density at radius 2 is 2.06 bits per heavy atom. The molecule has 0 aliphatic carbocycles. The summed E-state index contributed by atoms with van der Waals surface area (Å²) in [6.45, 7) is 7.88. The lowest BCUT2D eigenvalue weighted by molar-refractivity contribution is -0.0133. The van der Waals surface area contributed by atoms with E-state index >= 15 is 0 Å². The number of hydrogen-bond donors (Lipinski definition) is 1. The summed E-state index contributed by atoms with van der Waals surface area (Å²) < 4.78 is 10.2. The van der Waals surface area contributed by atoms with Crippen LogP contribution in [-0.2, 0) is 9.47 Å². The van der Waals surface area contributed by atoms with E-state index in [0.29, 0.717) is 25.9 Å². The minimum atomic E-state index is -0.389. The second-order valence-electron chi connectivity index (χ2n) is 5.21. The van der Waals surface area contributed by atoms with Gasteiger partial charge in [-0.25, -0.2) is 0 Å². The molecule has 1 fully saturated rings. The standard InChI is InChI=1S/C13H27NO3/c1-11-4-5-12(2)14(8-11)9-13(15)10-17-7-6-16-3/h11-13,15H,4-10H2,1-3H3. The number of methoxy groups -OCH3 is 1. The highest BCUT2D eigenvalue weighted by molar-refractivity contribution is 4.78. The lowest BCUT2D eigenvalue weighted by atomic mass is 9.95. The molecule has 0 saturated carbocycles. The summed E-state index contributed by atoms with van der Waals surface area (Å²) >= 11 is 0. The molecule has 4 heteroatoms. The molecule has 0 aromatic rings. The first-order valence-corrected chi connectivity index (χ1v) is 6.62. The highest BCUT2D eigenvalue weighted by atomic mass is 16.5. The van der Waals surface area contributed by atoms with Crippen LogP contribution in [0.5, 0.6) is 0 Å². The van der Waals surface area contributed by atoms with Crippen molar-refractivity contribution in [2.75, 3.05) is 40.0 Å². The van der Waals surface area contributed by atoms with Crippen LogP contribution >= 0.6 is 0 Å². The van der Waals surface area contributed by atoms with Crippen LogP contribution in [0.15, 0.2) is 0 Å². The minimum absolute atomic E-state index is 0.389. The molecule has 1 saturated heterocycles. The molecule has 1 heterocycles. The third-order valence-corrected chi connectivity index (χ3v) is 3.43. The molecule has 0 radical (unpaired) electrons. The lowest BCUT2D eigenvalue weighted by Crippen LogP contribution is -2.45. The van der Waals surface area contributed by atoms with Gasteiger partial charge in [0.15, 0.2) is 0 Å². The average molecular weight is 245 g/mol. The first-order chi connectivity index (χ1) is 8.13. The van der Waals surface area contributed by atoms with Gasteiger partial charge in [0.25, 0.3) is 0 Å². The molecule has 0 spiro atoms. The number of nitrogens with zero attached hydrogens (tertiary/aromatic N) is 1. The lowest BCUT2D eigenvalue weighted by Gasteiger charge is -2.37. The molecule has 1 aliphatic heterocycles. The van der Waals surface area contributed by atoms with Crippen molar-refractivity contribution >= 4 is 0 Å². The van der Waals surface area contributed by atoms with Gasteiger partial charge in [-0.1, -0.05) is 6.92 Å². The van der Waals surface area contributed by atoms with Crippen LogP contribution in [0.2, 0.25) is 0 Å². The van der Waals surface area contributed by atoms with E-state index in [0.717, 1.165) is 19.0 Å². The van der Waals surface area contributed by atoms with Crippen molar-refractivity contribution in [2.45, 2.75) is 38.8 Å². The minimum Gasteiger partial charge on any atom is -0.389 e. The molecule has 0 amide bonds. The van der Waals surface area contributed by atoms with Crippen molar-refractivity contribution in [3.8, 4) is 0 Å². The van der Waals surface area contributed by atoms with Crippen LogP contribution in [-0.4, -0.2) is 62.2 Å². The van der Waals surface area contributed by atoms with Crippen LogP contribution in [0, 0.1) is 5.92 Å². The Hall–Kier alpha value is -0.160. The van der Waals surface area contributed by atoms with E-state index in [-0.39, 0.29) is 6.10 Å². The Balaban J connectivity index is 2.17. The molecular weight excluding hydrogens is 218 g/mol. The van der Waals surface area contributed by atoms with Gasteiger partial charge >= 0.3 is 0 Å². The number of likely N-dealkylation sites (tertiary alicyclic amines) is 1. The zero-order valence-corrected chi connectivity index (χ0v) is 11.4. The Morgan fingerprint density at radius 3 is 2.76 bits per heavy atom. The van der Waals surface area contributed by atoms with Crippen LogP contribution in [0.25, 0.3) is 0 Å². The molecular formula is C13H27NO3. The monoisotopic (exact) mass is 245 g/mol. The van der Waals surface area contributed by atoms with E-state index in [1.807, 2.05) is 0 Å². The van der Waals surface area contributed by atoms with Gasteiger partial charge < -0.3 is 14.6 Å². The summed E-state index contributed by atoms with van der Waals surface area (Å²) in [4.78, 5) is 2.37. The zero-order valence-electron chi connectivity index (χ0n) is 11.4. The van der Waals surface area contributed by atoms with E-state index < -0.39 is 0 Å². The maximum absolute atomic E-state index is 9.90. The molecule has 102 valence electrons. The molecule has 0 aromatic heterocycles. The second kappa shape index (κ2) is 8.03. The number of rotatable bonds is 7. The molecule has 1 N–H and O–H groups in total. The quantitative estimate of drug-likeness (QED) is 0.683. The second-order valence-corrected chi connectivity index (χ2v) is 5.21. The molecule has 4 nitrogen and oxygen atoms in total. The smallest absolute Gasteiger partial charge is 0.0900 e. The molecule has 3 unspecified atom stereocenters. The first-order valence-electron chi connectivity index (χ1n) is 6.62. The van der Waals surface area contributed by atoms with Gasteiger partial charge in [0.2, 0.25) is 0 Å². The Labute approximate surface area is 105 Å². The summed E-state index contributed by atoms with van der Waals surface area (Å²) in [5.74, 6) is 0.743. The molecule has 1 aliphatic rings. The summed E-state index contributed by atoms with van der Waals surface area (Å²) in [5, 5.41) is 9.90. The SMILES string of the molecule is COCCOCC(O)CN1CC(C)CCC1C. The van der Waals surface area contributed by atoms with Gasteiger partial charge in [-0.05, 0) is 25.7 Å². The maximum atomic E-state index is 9.90. The van der Waals surface area contributed by atoms with Gasteiger partial charge in [0, 0.05) is 26.2 Å². The normalized spacial score (nSPS) is 28.2. The van der Waals surface area contributed by atoms with Crippen LogP contribution < -0.4 is 0 Å². The van der Waals surface area contributed by atoms with Crippen LogP contribution in [0.3, 0.4) is 0 Å². The predicted molar refractivity (Wildman–Crippen MR) is 68.1 cm³/mol. The van der Waals surface area contributed by atoms with E-state index in [4.69, 9.17) is 9.47 Å².